The number of aliphatic imine (C=N–C) groups is 1. The number of carbonyl (C=O) groups is 5. The minimum absolute atomic E-state index is 0.0825. The fourth-order valence-corrected chi connectivity index (χ4v) is 5.24. The van der Waals surface area contributed by atoms with Crippen molar-refractivity contribution in [3.8, 4) is 11.5 Å². The molecular formula is C33H49N9O7S. The second-order valence-electron chi connectivity index (χ2n) is 11.2. The van der Waals surface area contributed by atoms with Crippen LogP contribution in [0.2, 0.25) is 1.41 Å². The summed E-state index contributed by atoms with van der Waals surface area (Å²) in [4.78, 5) is 68.9. The molecule has 12 N–H and O–H groups in total. The zero-order chi connectivity index (χ0) is 37.8. The van der Waals surface area contributed by atoms with Crippen molar-refractivity contribution < 1.29 is 34.9 Å². The number of hydrogen-bond donors (Lipinski definition) is 8. The standard InChI is InChI=1S/C33H49N9O7S/c1-48-26-12-11-21(18-27(26)49-2)16-22(34)30(45)42-24(10-7-14-38-33(36)37)31(46)39-19-28(43)40-25(17-20-8-5-4-6-9-20)32(47)41-23(29(35)44)13-15-50-3/h4-6,8-9,11-12,18,22-25H,7,10,13-17,19,34H2,1-3H3,(H2,35,44)(H,39,46)(H,40,43)(H,41,47)(H,42,45)(H4,36,37,38)/t22-,23-,24-,25-/m0/s1/i/hD. The normalized spacial score (nSPS) is 13.3. The van der Waals surface area contributed by atoms with Gasteiger partial charge in [-0.2, -0.15) is 11.8 Å². The summed E-state index contributed by atoms with van der Waals surface area (Å²) in [7, 11) is 2.97. The molecule has 274 valence electrons. The van der Waals surface area contributed by atoms with Crippen LogP contribution in [0.3, 0.4) is 0 Å². The molecule has 0 unspecified atom stereocenters. The molecule has 0 radical (unpaired) electrons. The Bertz CT molecular complexity index is 1480. The van der Waals surface area contributed by atoms with Gasteiger partial charge in [0, 0.05) is 13.0 Å². The van der Waals surface area contributed by atoms with Gasteiger partial charge in [0.1, 0.15) is 19.5 Å². The summed E-state index contributed by atoms with van der Waals surface area (Å²) in [5.74, 6) is -1.95. The number of guanidine groups is 1. The van der Waals surface area contributed by atoms with Crippen molar-refractivity contribution in [3.63, 3.8) is 0 Å². The van der Waals surface area contributed by atoms with E-state index in [-0.39, 0.29) is 31.8 Å². The summed E-state index contributed by atoms with van der Waals surface area (Å²) in [6.45, 7) is -0.358. The zero-order valence-electron chi connectivity index (χ0n) is 29.5. The van der Waals surface area contributed by atoms with E-state index in [1.54, 1.807) is 42.5 Å². The number of rotatable bonds is 23. The maximum absolute atomic E-state index is 13.3. The first-order valence-electron chi connectivity index (χ1n) is 16.4. The fraction of sp³-hybridized carbons (Fsp3) is 0.455. The Balaban J connectivity index is 2.15. The van der Waals surface area contributed by atoms with Crippen molar-refractivity contribution in [2.45, 2.75) is 56.3 Å². The molecule has 0 aliphatic rings. The third-order valence-corrected chi connectivity index (χ3v) is 8.05. The molecule has 2 aromatic carbocycles. The summed E-state index contributed by atoms with van der Waals surface area (Å²) in [6, 6.07) is 9.81. The zero-order valence-corrected chi connectivity index (χ0v) is 29.3. The van der Waals surface area contributed by atoms with E-state index in [9.17, 15) is 24.0 Å². The van der Waals surface area contributed by atoms with E-state index >= 15 is 0 Å². The molecule has 0 aliphatic heterocycles. The van der Waals surface area contributed by atoms with Crippen LogP contribution in [0.15, 0.2) is 53.5 Å². The summed E-state index contributed by atoms with van der Waals surface area (Å²) in [5.41, 5.74) is 20.0. The largest absolute Gasteiger partial charge is 0.493 e. The van der Waals surface area contributed by atoms with Crippen LogP contribution in [-0.2, 0) is 36.8 Å². The van der Waals surface area contributed by atoms with Crippen LogP contribution < -0.4 is 53.7 Å². The van der Waals surface area contributed by atoms with Crippen molar-refractivity contribution in [3.05, 3.63) is 59.7 Å². The molecule has 16 nitrogen and oxygen atoms in total. The Hall–Kier alpha value is -5.03. The van der Waals surface area contributed by atoms with E-state index in [1.807, 2.05) is 12.3 Å². The highest BCUT2D eigenvalue weighted by molar-refractivity contribution is 7.98. The van der Waals surface area contributed by atoms with Crippen LogP contribution in [0, 0.1) is 0 Å². The van der Waals surface area contributed by atoms with Gasteiger partial charge >= 0.3 is 0 Å². The molecule has 4 atom stereocenters. The van der Waals surface area contributed by atoms with Crippen LogP contribution in [0.1, 0.15) is 30.4 Å². The van der Waals surface area contributed by atoms with Gasteiger partial charge in [0.25, 0.3) is 0 Å². The quantitative estimate of drug-likeness (QED) is 0.0380. The van der Waals surface area contributed by atoms with E-state index in [0.717, 1.165) is 5.56 Å². The first-order chi connectivity index (χ1) is 24.4. The molecule has 0 aliphatic carbocycles. The number of primary amides is 1. The minimum atomic E-state index is -1.13. The molecule has 17 heteroatoms. The molecule has 0 spiro atoms. The molecule has 0 aromatic heterocycles. The van der Waals surface area contributed by atoms with Crippen molar-refractivity contribution in [1.29, 1.82) is 0 Å². The topological polar surface area (TPSA) is 268 Å². The molecule has 50 heavy (non-hydrogen) atoms. The number of carbonyl (C=O) groups excluding carboxylic acids is 5. The number of benzene rings is 2. The van der Waals surface area contributed by atoms with Crippen LogP contribution in [0.25, 0.3) is 0 Å². The molecular weight excluding hydrogens is 666 g/mol. The van der Waals surface area contributed by atoms with Gasteiger partial charge in [-0.3, -0.25) is 29.0 Å². The smallest absolute Gasteiger partial charge is 0.243 e. The third-order valence-electron chi connectivity index (χ3n) is 7.41. The van der Waals surface area contributed by atoms with Crippen LogP contribution >= 0.6 is 11.8 Å². The predicted octanol–water partition coefficient (Wildman–Crippen LogP) is -1.32. The van der Waals surface area contributed by atoms with Crippen molar-refractivity contribution in [2.24, 2.45) is 27.9 Å². The minimum Gasteiger partial charge on any atom is -0.493 e. The maximum Gasteiger partial charge on any atom is 0.243 e. The Morgan fingerprint density at radius 1 is 0.820 bits per heavy atom. The Kier molecular flexibility index (Phi) is 17.2. The highest BCUT2D eigenvalue weighted by atomic mass is 32.2. The van der Waals surface area contributed by atoms with Crippen molar-refractivity contribution >= 4 is 47.3 Å². The molecule has 2 rings (SSSR count). The van der Waals surface area contributed by atoms with E-state index < -0.39 is 60.2 Å². The van der Waals surface area contributed by atoms with E-state index in [0.29, 0.717) is 35.7 Å². The number of nitrogens with two attached hydrogens (primary N) is 4. The lowest BCUT2D eigenvalue weighted by molar-refractivity contribution is -0.132. The monoisotopic (exact) mass is 716 g/mol. The van der Waals surface area contributed by atoms with Gasteiger partial charge in [-0.1, -0.05) is 36.4 Å². The van der Waals surface area contributed by atoms with Crippen LogP contribution in [-0.4, -0.2) is 99.0 Å². The molecule has 5 amide bonds. The van der Waals surface area contributed by atoms with Gasteiger partial charge in [0.05, 0.1) is 26.8 Å². The number of hydrogen-bond acceptors (Lipinski definition) is 10. The number of nitrogens with one attached hydrogen (secondary N) is 4. The van der Waals surface area contributed by atoms with E-state index in [1.165, 1.54) is 26.0 Å². The average molecular weight is 717 g/mol. The summed E-state index contributed by atoms with van der Waals surface area (Å²) >= 11 is 1.49. The van der Waals surface area contributed by atoms with E-state index in [2.05, 4.69) is 32.0 Å². The highest BCUT2D eigenvalue weighted by Crippen LogP contribution is 2.28. The Morgan fingerprint density at radius 3 is 2.14 bits per heavy atom. The highest BCUT2D eigenvalue weighted by Gasteiger charge is 2.28. The van der Waals surface area contributed by atoms with E-state index in [4.69, 9.17) is 28.1 Å². The molecule has 2 aromatic rings. The summed E-state index contributed by atoms with van der Waals surface area (Å²) in [6.07, 6.45) is 2.75. The lowest BCUT2D eigenvalue weighted by Gasteiger charge is -2.23. The molecule has 0 saturated carbocycles. The average Bonchev–Trinajstić information content (AvgIpc) is 3.12. The number of methoxy groups -OCH3 is 2. The number of nitrogens with zero attached hydrogens (tertiary/aromatic N) is 1. The Labute approximate surface area is 297 Å². The second-order valence-corrected chi connectivity index (χ2v) is 12.2. The lowest BCUT2D eigenvalue weighted by Crippen LogP contribution is -2.56. The van der Waals surface area contributed by atoms with Gasteiger partial charge < -0.3 is 53.7 Å². The van der Waals surface area contributed by atoms with Gasteiger partial charge in [0.2, 0.25) is 29.5 Å². The lowest BCUT2D eigenvalue weighted by atomic mass is 10.0. The van der Waals surface area contributed by atoms with Gasteiger partial charge in [-0.15, -0.1) is 0 Å². The van der Waals surface area contributed by atoms with Gasteiger partial charge in [0.15, 0.2) is 17.5 Å². The number of thioether (sulfide) groups is 1. The molecule has 0 saturated heterocycles. The summed E-state index contributed by atoms with van der Waals surface area (Å²) < 4.78 is 18.4. The Morgan fingerprint density at radius 2 is 1.52 bits per heavy atom. The fourth-order valence-electron chi connectivity index (χ4n) is 4.77. The number of amides is 5. The van der Waals surface area contributed by atoms with Gasteiger partial charge in [-0.05, 0) is 61.0 Å². The molecule has 0 bridgehead atoms. The first kappa shape index (κ1) is 39.4. The molecule has 0 fully saturated rings. The summed E-state index contributed by atoms with van der Waals surface area (Å²) in [5, 5.41) is 10.4. The van der Waals surface area contributed by atoms with Crippen molar-refractivity contribution in [2.75, 3.05) is 39.3 Å². The second kappa shape index (κ2) is 21.8. The first-order valence-corrected chi connectivity index (χ1v) is 17.2. The van der Waals surface area contributed by atoms with Crippen LogP contribution in [0.5, 0.6) is 11.5 Å². The SMILES string of the molecule is [2H]N[C@@H](Cc1ccc(OC)c(OC)c1)C(=O)N[C@@H](CCCN=C(N)N)C(=O)NCC(=O)N[C@@H](Cc1ccccc1)C(=O)N[C@@H](CCSC)C(N)=O. The van der Waals surface area contributed by atoms with Crippen molar-refractivity contribution in [1.82, 2.24) is 21.3 Å². The number of ether oxygens (including phenoxy) is 2. The predicted molar refractivity (Wildman–Crippen MR) is 192 cm³/mol. The molecule has 0 heterocycles. The van der Waals surface area contributed by atoms with Crippen LogP contribution in [0.4, 0.5) is 0 Å². The van der Waals surface area contributed by atoms with Gasteiger partial charge in [-0.25, -0.2) is 0 Å². The third kappa shape index (κ3) is 14.6. The maximum atomic E-state index is 13.3.